The van der Waals surface area contributed by atoms with Crippen molar-refractivity contribution in [2.24, 2.45) is 0 Å². The molecule has 9 heteroatoms. The maximum Gasteiger partial charge on any atom is 0.530 e. The molecular formula is C17H27ClNO6P. The van der Waals surface area contributed by atoms with Crippen LogP contribution < -0.4 is 5.32 Å². The first kappa shape index (κ1) is 24.5. The van der Waals surface area contributed by atoms with Crippen molar-refractivity contribution in [3.8, 4) is 0 Å². The molecule has 0 aliphatic rings. The molecule has 0 saturated carbocycles. The van der Waals surface area contributed by atoms with Gasteiger partial charge in [-0.3, -0.25) is 13.8 Å². The average molecular weight is 408 g/mol. The minimum absolute atomic E-state index is 0.0183. The van der Waals surface area contributed by atoms with Crippen LogP contribution in [0.1, 0.15) is 26.7 Å². The molecule has 0 aromatic carbocycles. The van der Waals surface area contributed by atoms with Crippen molar-refractivity contribution in [1.82, 2.24) is 5.32 Å². The summed E-state index contributed by atoms with van der Waals surface area (Å²) >= 11 is 5.50. The van der Waals surface area contributed by atoms with E-state index in [-0.39, 0.29) is 36.5 Å². The molecular weight excluding hydrogens is 381 g/mol. The Morgan fingerprint density at radius 3 is 2.12 bits per heavy atom. The summed E-state index contributed by atoms with van der Waals surface area (Å²) in [6, 6.07) is 0. The first-order valence-corrected chi connectivity index (χ1v) is 10.0. The van der Waals surface area contributed by atoms with Gasteiger partial charge in [-0.1, -0.05) is 26.0 Å². The van der Waals surface area contributed by atoms with E-state index in [1.54, 1.807) is 13.0 Å². The van der Waals surface area contributed by atoms with Crippen LogP contribution in [0.5, 0.6) is 0 Å². The summed E-state index contributed by atoms with van der Waals surface area (Å²) in [7, 11) is -2.46. The Morgan fingerprint density at radius 2 is 1.73 bits per heavy atom. The number of alkyl halides is 1. The Bertz CT molecular complexity index is 572. The van der Waals surface area contributed by atoms with Crippen LogP contribution in [0.15, 0.2) is 48.6 Å². The number of allylic oxidation sites excluding steroid dienone is 3. The summed E-state index contributed by atoms with van der Waals surface area (Å²) in [5.74, 6) is 0.0166. The van der Waals surface area contributed by atoms with Crippen LogP contribution in [-0.4, -0.2) is 32.1 Å². The van der Waals surface area contributed by atoms with Crippen molar-refractivity contribution in [2.45, 2.75) is 26.7 Å². The van der Waals surface area contributed by atoms with Crippen molar-refractivity contribution in [1.29, 1.82) is 0 Å². The van der Waals surface area contributed by atoms with Gasteiger partial charge < -0.3 is 14.6 Å². The monoisotopic (exact) mass is 407 g/mol. The molecule has 0 aliphatic heterocycles. The fourth-order valence-electron chi connectivity index (χ4n) is 1.65. The predicted molar refractivity (Wildman–Crippen MR) is 103 cm³/mol. The van der Waals surface area contributed by atoms with Crippen molar-refractivity contribution in [3.05, 3.63) is 48.6 Å². The van der Waals surface area contributed by atoms with Crippen LogP contribution in [-0.2, 0) is 27.7 Å². The fourth-order valence-corrected chi connectivity index (χ4v) is 2.96. The van der Waals surface area contributed by atoms with E-state index in [9.17, 15) is 9.36 Å². The third-order valence-electron chi connectivity index (χ3n) is 2.85. The number of nitrogens with one attached hydrogen (secondary N) is 1. The molecule has 1 N–H and O–H groups in total. The largest absolute Gasteiger partial charge is 0.530 e. The Kier molecular flexibility index (Phi) is 12.8. The molecule has 0 spiro atoms. The summed E-state index contributed by atoms with van der Waals surface area (Å²) in [6.45, 7) is 10.6. The molecule has 0 aromatic rings. The number of methoxy groups -OCH3 is 1. The molecule has 1 amide bonds. The summed E-state index contributed by atoms with van der Waals surface area (Å²) in [5.41, 5.74) is 0.566. The lowest BCUT2D eigenvalue weighted by Gasteiger charge is -2.20. The topological polar surface area (TPSA) is 83.1 Å². The minimum Gasteiger partial charge on any atom is -0.493 e. The highest BCUT2D eigenvalue weighted by atomic mass is 35.5. The van der Waals surface area contributed by atoms with Gasteiger partial charge in [0.2, 0.25) is 5.91 Å². The van der Waals surface area contributed by atoms with Crippen molar-refractivity contribution >= 4 is 25.3 Å². The van der Waals surface area contributed by atoms with E-state index in [0.29, 0.717) is 18.5 Å². The number of hydrogen-bond acceptors (Lipinski definition) is 6. The van der Waals surface area contributed by atoms with Gasteiger partial charge in [0.25, 0.3) is 0 Å². The van der Waals surface area contributed by atoms with Gasteiger partial charge in [0.1, 0.15) is 11.6 Å². The van der Waals surface area contributed by atoms with Crippen molar-refractivity contribution in [3.63, 3.8) is 0 Å². The average Bonchev–Trinajstić information content (AvgIpc) is 2.66. The summed E-state index contributed by atoms with van der Waals surface area (Å²) < 4.78 is 33.9. The van der Waals surface area contributed by atoms with Gasteiger partial charge in [0.15, 0.2) is 5.76 Å². The molecule has 148 valence electrons. The molecule has 0 radical (unpaired) electrons. The molecule has 0 unspecified atom stereocenters. The van der Waals surface area contributed by atoms with Gasteiger partial charge in [-0.05, 0) is 6.42 Å². The highest BCUT2D eigenvalue weighted by Gasteiger charge is 2.29. The highest BCUT2D eigenvalue weighted by molar-refractivity contribution is 7.48. The van der Waals surface area contributed by atoms with E-state index < -0.39 is 7.82 Å². The van der Waals surface area contributed by atoms with Gasteiger partial charge in [-0.25, -0.2) is 4.57 Å². The molecule has 7 nitrogen and oxygen atoms in total. The fraction of sp³-hybridized carbons (Fsp3) is 0.471. The second-order valence-corrected chi connectivity index (χ2v) is 6.62. The highest BCUT2D eigenvalue weighted by Crippen LogP contribution is 2.52. The second-order valence-electron chi connectivity index (χ2n) is 4.76. The van der Waals surface area contributed by atoms with E-state index in [1.807, 2.05) is 6.92 Å². The number of rotatable bonds is 14. The van der Waals surface area contributed by atoms with Crippen LogP contribution in [0.3, 0.4) is 0 Å². The number of carbonyl (C=O) groups is 1. The van der Waals surface area contributed by atoms with E-state index in [4.69, 9.17) is 29.9 Å². The van der Waals surface area contributed by atoms with Crippen LogP contribution in [0, 0.1) is 0 Å². The Balaban J connectivity index is 5.69. The summed E-state index contributed by atoms with van der Waals surface area (Å²) in [6.07, 6.45) is 5.30. The van der Waals surface area contributed by atoms with Crippen LogP contribution >= 0.6 is 19.4 Å². The van der Waals surface area contributed by atoms with Crippen molar-refractivity contribution < 1.29 is 27.7 Å². The molecule has 0 heterocycles. The van der Waals surface area contributed by atoms with Crippen LogP contribution in [0.4, 0.5) is 0 Å². The van der Waals surface area contributed by atoms with Gasteiger partial charge in [0, 0.05) is 18.2 Å². The van der Waals surface area contributed by atoms with E-state index in [2.05, 4.69) is 18.5 Å². The minimum atomic E-state index is -3.90. The molecule has 0 saturated heterocycles. The number of carbonyl (C=O) groups excluding carboxylic acids is 1. The first-order valence-electron chi connectivity index (χ1n) is 8.03. The molecule has 26 heavy (non-hydrogen) atoms. The second kappa shape index (κ2) is 13.6. The molecule has 0 fully saturated rings. The zero-order chi connectivity index (χ0) is 20.0. The SMILES string of the molecule is C=CCOP(=O)(OCC=C)O/C(CC)=C(/C=C(\CC)NC(=O)CCl)OC. The van der Waals surface area contributed by atoms with Crippen LogP contribution in [0.25, 0.3) is 0 Å². The predicted octanol–water partition coefficient (Wildman–Crippen LogP) is 4.43. The Labute approximate surface area is 160 Å². The number of halogens is 1. The molecule has 0 atom stereocenters. The number of phosphoric acid groups is 1. The van der Waals surface area contributed by atoms with Gasteiger partial charge >= 0.3 is 7.82 Å². The quantitative estimate of drug-likeness (QED) is 0.151. The van der Waals surface area contributed by atoms with E-state index in [0.717, 1.165) is 0 Å². The number of hydrogen-bond donors (Lipinski definition) is 1. The Morgan fingerprint density at radius 1 is 1.15 bits per heavy atom. The number of amides is 1. The third kappa shape index (κ3) is 9.25. The van der Waals surface area contributed by atoms with Gasteiger partial charge in [-0.15, -0.1) is 24.8 Å². The molecule has 0 aliphatic carbocycles. The summed E-state index contributed by atoms with van der Waals surface area (Å²) in [4.78, 5) is 11.5. The maximum atomic E-state index is 12.7. The first-order chi connectivity index (χ1) is 12.4. The van der Waals surface area contributed by atoms with Crippen LogP contribution in [0.2, 0.25) is 0 Å². The van der Waals surface area contributed by atoms with Crippen molar-refractivity contribution in [2.75, 3.05) is 26.2 Å². The number of phosphoric ester groups is 1. The lowest BCUT2D eigenvalue weighted by Crippen LogP contribution is -2.23. The Hall–Kier alpha value is -1.53. The lowest BCUT2D eigenvalue weighted by atomic mass is 10.2. The van der Waals surface area contributed by atoms with E-state index >= 15 is 0 Å². The normalized spacial score (nSPS) is 12.8. The smallest absolute Gasteiger partial charge is 0.493 e. The molecule has 0 rings (SSSR count). The van der Waals surface area contributed by atoms with Gasteiger partial charge in [-0.2, -0.15) is 0 Å². The molecule has 0 bridgehead atoms. The number of ether oxygens (including phenoxy) is 1. The summed E-state index contributed by atoms with van der Waals surface area (Å²) in [5, 5.41) is 2.65. The van der Waals surface area contributed by atoms with Gasteiger partial charge in [0.05, 0.1) is 20.3 Å². The standard InChI is InChI=1S/C17H27ClNO6P/c1-6-10-23-26(21,24-11-7-2)25-15(9-4)16(22-5)12-14(8-3)19-17(20)13-18/h6-7,12H,1-2,8-11,13H2,3-5H3,(H,19,20)/b14-12+,16-15-. The third-order valence-corrected chi connectivity index (χ3v) is 4.46. The van der Waals surface area contributed by atoms with E-state index in [1.165, 1.54) is 19.3 Å². The zero-order valence-corrected chi connectivity index (χ0v) is 17.1. The lowest BCUT2D eigenvalue weighted by molar-refractivity contribution is -0.118. The molecule has 0 aromatic heterocycles. The maximum absolute atomic E-state index is 12.7. The zero-order valence-electron chi connectivity index (χ0n) is 15.5.